The number of benzene rings is 2. The highest BCUT2D eigenvalue weighted by atomic mass is 35.5. The average Bonchev–Trinajstić information content (AvgIpc) is 2.48. The highest BCUT2D eigenvalue weighted by molar-refractivity contribution is 6.30. The number of hydrogen-bond donors (Lipinski definition) is 1. The van der Waals surface area contributed by atoms with Gasteiger partial charge < -0.3 is 10.5 Å². The van der Waals surface area contributed by atoms with Crippen molar-refractivity contribution in [1.29, 1.82) is 0 Å². The minimum atomic E-state index is -0.525. The first kappa shape index (κ1) is 14.8. The Kier molecular flexibility index (Phi) is 4.99. The maximum atomic E-state index is 13.6. The van der Waals surface area contributed by atoms with Crippen LogP contribution in [0.4, 0.5) is 4.39 Å². The lowest BCUT2D eigenvalue weighted by atomic mass is 10.0. The molecule has 1 atom stereocenters. The molecule has 0 heterocycles. The molecule has 0 aromatic heterocycles. The van der Waals surface area contributed by atoms with Gasteiger partial charge in [0.25, 0.3) is 0 Å². The SMILES string of the molecule is CC(CN)c1ccc(COc2cccc(Cl)c2F)cc1. The van der Waals surface area contributed by atoms with Gasteiger partial charge in [0.15, 0.2) is 11.6 Å². The van der Waals surface area contributed by atoms with Gasteiger partial charge in [0.2, 0.25) is 0 Å². The van der Waals surface area contributed by atoms with Crippen molar-refractivity contribution in [3.05, 3.63) is 64.4 Å². The summed E-state index contributed by atoms with van der Waals surface area (Å²) in [5, 5.41) is 0.0645. The fourth-order valence-electron chi connectivity index (χ4n) is 1.84. The zero-order valence-electron chi connectivity index (χ0n) is 11.3. The number of nitrogens with two attached hydrogens (primary N) is 1. The first-order valence-corrected chi connectivity index (χ1v) is 6.85. The number of ether oxygens (including phenoxy) is 1. The van der Waals surface area contributed by atoms with Crippen LogP contribution in [0.25, 0.3) is 0 Å². The number of halogens is 2. The summed E-state index contributed by atoms with van der Waals surface area (Å²) in [5.74, 6) is -0.0326. The molecule has 2 N–H and O–H groups in total. The van der Waals surface area contributed by atoms with Crippen molar-refractivity contribution in [2.75, 3.05) is 6.54 Å². The van der Waals surface area contributed by atoms with Crippen molar-refractivity contribution in [2.45, 2.75) is 19.4 Å². The third kappa shape index (κ3) is 3.50. The highest BCUT2D eigenvalue weighted by Crippen LogP contribution is 2.25. The summed E-state index contributed by atoms with van der Waals surface area (Å²) in [7, 11) is 0. The number of rotatable bonds is 5. The Morgan fingerprint density at radius 3 is 2.55 bits per heavy atom. The molecule has 0 aliphatic heterocycles. The molecule has 0 fully saturated rings. The molecule has 2 aromatic carbocycles. The lowest BCUT2D eigenvalue weighted by Gasteiger charge is -2.11. The van der Waals surface area contributed by atoms with Crippen LogP contribution in [0.5, 0.6) is 5.75 Å². The number of hydrogen-bond acceptors (Lipinski definition) is 2. The Hall–Kier alpha value is -1.58. The molecule has 20 heavy (non-hydrogen) atoms. The lowest BCUT2D eigenvalue weighted by molar-refractivity contribution is 0.290. The van der Waals surface area contributed by atoms with Crippen LogP contribution in [0.3, 0.4) is 0 Å². The predicted molar refractivity (Wildman–Crippen MR) is 79.7 cm³/mol. The van der Waals surface area contributed by atoms with Crippen LogP contribution in [0.15, 0.2) is 42.5 Å². The minimum Gasteiger partial charge on any atom is -0.486 e. The van der Waals surface area contributed by atoms with Crippen LogP contribution < -0.4 is 10.5 Å². The second kappa shape index (κ2) is 6.73. The van der Waals surface area contributed by atoms with E-state index in [0.717, 1.165) is 5.56 Å². The normalized spacial score (nSPS) is 12.2. The van der Waals surface area contributed by atoms with E-state index in [1.54, 1.807) is 12.1 Å². The molecule has 0 spiro atoms. The Labute approximate surface area is 123 Å². The Morgan fingerprint density at radius 2 is 1.90 bits per heavy atom. The van der Waals surface area contributed by atoms with Gasteiger partial charge in [-0.05, 0) is 35.7 Å². The van der Waals surface area contributed by atoms with Crippen molar-refractivity contribution in [1.82, 2.24) is 0 Å². The quantitative estimate of drug-likeness (QED) is 0.900. The third-order valence-corrected chi connectivity index (χ3v) is 3.50. The fraction of sp³-hybridized carbons (Fsp3) is 0.250. The largest absolute Gasteiger partial charge is 0.486 e. The standard InChI is InChI=1S/C16H17ClFNO/c1-11(9-19)13-7-5-12(6-8-13)10-20-15-4-2-3-14(17)16(15)18/h2-8,11H,9-10,19H2,1H3. The summed E-state index contributed by atoms with van der Waals surface area (Å²) in [5.41, 5.74) is 7.78. The van der Waals surface area contributed by atoms with E-state index >= 15 is 0 Å². The van der Waals surface area contributed by atoms with Crippen LogP contribution in [-0.4, -0.2) is 6.54 Å². The summed E-state index contributed by atoms with van der Waals surface area (Å²) in [6.07, 6.45) is 0. The first-order valence-electron chi connectivity index (χ1n) is 6.47. The molecule has 0 aliphatic rings. The Bertz CT molecular complexity index is 571. The van der Waals surface area contributed by atoms with Crippen molar-refractivity contribution in [3.8, 4) is 5.75 Å². The second-order valence-corrected chi connectivity index (χ2v) is 5.13. The van der Waals surface area contributed by atoms with Crippen molar-refractivity contribution < 1.29 is 9.13 Å². The molecule has 2 nitrogen and oxygen atoms in total. The summed E-state index contributed by atoms with van der Waals surface area (Å²) >= 11 is 5.70. The van der Waals surface area contributed by atoms with E-state index in [1.165, 1.54) is 11.6 Å². The molecule has 1 unspecified atom stereocenters. The first-order chi connectivity index (χ1) is 9.61. The van der Waals surface area contributed by atoms with E-state index < -0.39 is 5.82 Å². The summed E-state index contributed by atoms with van der Waals surface area (Å²) in [6.45, 7) is 2.99. The van der Waals surface area contributed by atoms with E-state index in [9.17, 15) is 4.39 Å². The maximum Gasteiger partial charge on any atom is 0.183 e. The second-order valence-electron chi connectivity index (χ2n) is 4.72. The van der Waals surface area contributed by atoms with Gasteiger partial charge in [-0.2, -0.15) is 0 Å². The average molecular weight is 294 g/mol. The van der Waals surface area contributed by atoms with Gasteiger partial charge in [-0.3, -0.25) is 0 Å². The molecular formula is C16H17ClFNO. The molecule has 0 aliphatic carbocycles. The lowest BCUT2D eigenvalue weighted by Crippen LogP contribution is -2.08. The molecule has 0 bridgehead atoms. The van der Waals surface area contributed by atoms with E-state index in [4.69, 9.17) is 22.1 Å². The molecular weight excluding hydrogens is 277 g/mol. The summed E-state index contributed by atoms with van der Waals surface area (Å²) < 4.78 is 19.1. The zero-order chi connectivity index (χ0) is 14.5. The molecule has 0 radical (unpaired) electrons. The van der Waals surface area contributed by atoms with Gasteiger partial charge in [0, 0.05) is 0 Å². The molecule has 0 amide bonds. The molecule has 106 valence electrons. The summed E-state index contributed by atoms with van der Waals surface area (Å²) in [6, 6.07) is 12.7. The van der Waals surface area contributed by atoms with E-state index in [1.807, 2.05) is 24.3 Å². The molecule has 2 aromatic rings. The van der Waals surface area contributed by atoms with Crippen LogP contribution in [-0.2, 0) is 6.61 Å². The summed E-state index contributed by atoms with van der Waals surface area (Å²) in [4.78, 5) is 0. The van der Waals surface area contributed by atoms with Crippen molar-refractivity contribution in [2.24, 2.45) is 5.73 Å². The maximum absolute atomic E-state index is 13.6. The van der Waals surface area contributed by atoms with E-state index in [2.05, 4.69) is 6.92 Å². The zero-order valence-corrected chi connectivity index (χ0v) is 12.0. The third-order valence-electron chi connectivity index (χ3n) is 3.21. The monoisotopic (exact) mass is 293 g/mol. The van der Waals surface area contributed by atoms with Crippen LogP contribution in [0.2, 0.25) is 5.02 Å². The van der Waals surface area contributed by atoms with Gasteiger partial charge in [-0.1, -0.05) is 48.9 Å². The van der Waals surface area contributed by atoms with Gasteiger partial charge in [-0.25, -0.2) is 4.39 Å². The van der Waals surface area contributed by atoms with Gasteiger partial charge in [0.1, 0.15) is 6.61 Å². The van der Waals surface area contributed by atoms with Gasteiger partial charge >= 0.3 is 0 Å². The molecule has 0 saturated carbocycles. The minimum absolute atomic E-state index is 0.0645. The van der Waals surface area contributed by atoms with Crippen LogP contribution in [0, 0.1) is 5.82 Å². The van der Waals surface area contributed by atoms with Crippen LogP contribution in [0.1, 0.15) is 24.0 Å². The van der Waals surface area contributed by atoms with Crippen molar-refractivity contribution in [3.63, 3.8) is 0 Å². The topological polar surface area (TPSA) is 35.2 Å². The fourth-order valence-corrected chi connectivity index (χ4v) is 2.00. The van der Waals surface area contributed by atoms with E-state index in [0.29, 0.717) is 19.1 Å². The van der Waals surface area contributed by atoms with Crippen LogP contribution >= 0.6 is 11.6 Å². The van der Waals surface area contributed by atoms with Crippen molar-refractivity contribution >= 4 is 11.6 Å². The highest BCUT2D eigenvalue weighted by Gasteiger charge is 2.08. The van der Waals surface area contributed by atoms with E-state index in [-0.39, 0.29) is 10.8 Å². The van der Waals surface area contributed by atoms with Gasteiger partial charge in [-0.15, -0.1) is 0 Å². The smallest absolute Gasteiger partial charge is 0.183 e. The van der Waals surface area contributed by atoms with Gasteiger partial charge in [0.05, 0.1) is 5.02 Å². The Morgan fingerprint density at radius 1 is 1.20 bits per heavy atom. The molecule has 2 rings (SSSR count). The molecule has 0 saturated heterocycles. The predicted octanol–water partition coefficient (Wildman–Crippen LogP) is 4.12. The molecule has 4 heteroatoms. The Balaban J connectivity index is 2.02.